The SMILES string of the molecule is C1=C[C@H]2C[C@H]1C1C2[C@H]2C=C[C@H]1C2. The molecule has 2 saturated carbocycles. The molecule has 4 rings (SSSR count). The molecule has 0 radical (unpaired) electrons. The Morgan fingerprint density at radius 1 is 0.583 bits per heavy atom. The first-order chi connectivity index (χ1) is 5.93. The third kappa shape index (κ3) is 0.485. The maximum Gasteiger partial charge on any atom is -0.0191 e. The quantitative estimate of drug-likeness (QED) is 0.375. The van der Waals surface area contributed by atoms with Crippen LogP contribution in [0.1, 0.15) is 12.8 Å². The minimum absolute atomic E-state index is 0.972. The Balaban J connectivity index is 1.86. The van der Waals surface area contributed by atoms with Crippen LogP contribution in [0.15, 0.2) is 24.3 Å². The van der Waals surface area contributed by atoms with Gasteiger partial charge in [-0.25, -0.2) is 0 Å². The molecule has 0 aromatic heterocycles. The molecule has 0 nitrogen and oxygen atoms in total. The van der Waals surface area contributed by atoms with Crippen LogP contribution in [0.3, 0.4) is 0 Å². The van der Waals surface area contributed by atoms with E-state index in [1.807, 2.05) is 0 Å². The maximum absolute atomic E-state index is 2.50. The molecule has 0 spiro atoms. The largest absolute Gasteiger partial charge is 0.0848 e. The van der Waals surface area contributed by atoms with E-state index in [1.54, 1.807) is 0 Å². The standard InChI is InChI=1S/C12H14/c1-2-8-5-7(1)11-9-3-4-10(6-9)12(8)11/h1-4,7-12H,5-6H2/t7-,8-,9-,10-,11?,12?/m0/s1. The van der Waals surface area contributed by atoms with Crippen LogP contribution in [0.5, 0.6) is 0 Å². The first kappa shape index (κ1) is 6.01. The van der Waals surface area contributed by atoms with Gasteiger partial charge in [-0.15, -0.1) is 0 Å². The summed E-state index contributed by atoms with van der Waals surface area (Å²) in [5, 5.41) is 0. The van der Waals surface area contributed by atoms with Gasteiger partial charge in [0.2, 0.25) is 0 Å². The second kappa shape index (κ2) is 1.71. The fourth-order valence-corrected chi connectivity index (χ4v) is 4.43. The molecule has 0 heterocycles. The van der Waals surface area contributed by atoms with Gasteiger partial charge in [0.15, 0.2) is 0 Å². The second-order valence-corrected chi connectivity index (χ2v) is 5.05. The Hall–Kier alpha value is -0.520. The number of rotatable bonds is 0. The number of allylic oxidation sites excluding steroid dienone is 4. The van der Waals surface area contributed by atoms with Crippen molar-refractivity contribution in [2.24, 2.45) is 35.5 Å². The average Bonchev–Trinajstić information content (AvgIpc) is 2.83. The molecule has 0 N–H and O–H groups in total. The lowest BCUT2D eigenvalue weighted by Gasteiger charge is -2.28. The minimum Gasteiger partial charge on any atom is -0.0848 e. The van der Waals surface area contributed by atoms with Crippen LogP contribution in [0, 0.1) is 35.5 Å². The molecule has 4 atom stereocenters. The summed E-state index contributed by atoms with van der Waals surface area (Å²) in [4.78, 5) is 0. The van der Waals surface area contributed by atoms with Crippen LogP contribution in [-0.2, 0) is 0 Å². The van der Waals surface area contributed by atoms with Crippen molar-refractivity contribution >= 4 is 0 Å². The summed E-state index contributed by atoms with van der Waals surface area (Å²) in [5.41, 5.74) is 0. The van der Waals surface area contributed by atoms with Gasteiger partial charge in [0.1, 0.15) is 0 Å². The lowest BCUT2D eigenvalue weighted by Crippen LogP contribution is -2.23. The van der Waals surface area contributed by atoms with Gasteiger partial charge in [-0.2, -0.15) is 0 Å². The molecule has 62 valence electrons. The van der Waals surface area contributed by atoms with Gasteiger partial charge in [-0.05, 0) is 48.3 Å². The summed E-state index contributed by atoms with van der Waals surface area (Å²) in [5.74, 6) is 6.02. The highest BCUT2D eigenvalue weighted by Crippen LogP contribution is 2.62. The zero-order chi connectivity index (χ0) is 7.71. The highest BCUT2D eigenvalue weighted by molar-refractivity contribution is 5.25. The lowest BCUT2D eigenvalue weighted by atomic mass is 9.76. The van der Waals surface area contributed by atoms with Crippen molar-refractivity contribution in [1.29, 1.82) is 0 Å². The molecule has 4 bridgehead atoms. The second-order valence-electron chi connectivity index (χ2n) is 5.05. The number of hydrogen-bond donors (Lipinski definition) is 0. The van der Waals surface area contributed by atoms with Crippen molar-refractivity contribution in [3.05, 3.63) is 24.3 Å². The van der Waals surface area contributed by atoms with Gasteiger partial charge in [-0.1, -0.05) is 24.3 Å². The Morgan fingerprint density at radius 2 is 0.917 bits per heavy atom. The zero-order valence-corrected chi connectivity index (χ0v) is 7.19. The van der Waals surface area contributed by atoms with Crippen LogP contribution in [0.25, 0.3) is 0 Å². The predicted molar refractivity (Wildman–Crippen MR) is 48.5 cm³/mol. The molecule has 12 heavy (non-hydrogen) atoms. The fourth-order valence-electron chi connectivity index (χ4n) is 4.43. The highest BCUT2D eigenvalue weighted by Gasteiger charge is 2.55. The van der Waals surface area contributed by atoms with Gasteiger partial charge in [-0.3, -0.25) is 0 Å². The van der Waals surface area contributed by atoms with Crippen molar-refractivity contribution in [2.75, 3.05) is 0 Å². The molecule has 0 aromatic rings. The van der Waals surface area contributed by atoms with Crippen LogP contribution in [0.2, 0.25) is 0 Å². The van der Waals surface area contributed by atoms with Crippen molar-refractivity contribution in [3.63, 3.8) is 0 Å². The molecule has 0 saturated heterocycles. The summed E-state index contributed by atoms with van der Waals surface area (Å²) in [6, 6.07) is 0. The molecular weight excluding hydrogens is 144 g/mol. The predicted octanol–water partition coefficient (Wildman–Crippen LogP) is 2.63. The molecular formula is C12H14. The summed E-state index contributed by atoms with van der Waals surface area (Å²) in [7, 11) is 0. The molecule has 0 unspecified atom stereocenters. The van der Waals surface area contributed by atoms with E-state index < -0.39 is 0 Å². The maximum atomic E-state index is 2.50. The topological polar surface area (TPSA) is 0 Å². The molecule has 4 aliphatic rings. The van der Waals surface area contributed by atoms with E-state index in [9.17, 15) is 0 Å². The molecule has 0 aliphatic heterocycles. The number of fused-ring (bicyclic) bond motifs is 9. The Kier molecular flexibility index (Phi) is 0.856. The first-order valence-corrected chi connectivity index (χ1v) is 5.30. The van der Waals surface area contributed by atoms with Gasteiger partial charge in [0.25, 0.3) is 0 Å². The third-order valence-corrected chi connectivity index (χ3v) is 4.72. The molecule has 2 fully saturated rings. The zero-order valence-electron chi connectivity index (χ0n) is 7.19. The smallest absolute Gasteiger partial charge is 0.0191 e. The van der Waals surface area contributed by atoms with E-state index in [2.05, 4.69) is 24.3 Å². The van der Waals surface area contributed by atoms with E-state index in [-0.39, 0.29) is 0 Å². The Bertz CT molecular complexity index is 232. The highest BCUT2D eigenvalue weighted by atomic mass is 14.6. The summed E-state index contributed by atoms with van der Waals surface area (Å²) < 4.78 is 0. The summed E-state index contributed by atoms with van der Waals surface area (Å²) in [6.07, 6.45) is 13.0. The van der Waals surface area contributed by atoms with Crippen LogP contribution in [-0.4, -0.2) is 0 Å². The van der Waals surface area contributed by atoms with E-state index in [0.29, 0.717) is 0 Å². The Labute approximate surface area is 73.4 Å². The van der Waals surface area contributed by atoms with Crippen molar-refractivity contribution < 1.29 is 0 Å². The number of hydrogen-bond acceptors (Lipinski definition) is 0. The van der Waals surface area contributed by atoms with Crippen molar-refractivity contribution in [2.45, 2.75) is 12.8 Å². The Morgan fingerprint density at radius 3 is 1.25 bits per heavy atom. The summed E-state index contributed by atoms with van der Waals surface area (Å²) >= 11 is 0. The van der Waals surface area contributed by atoms with Crippen LogP contribution >= 0.6 is 0 Å². The van der Waals surface area contributed by atoms with Gasteiger partial charge < -0.3 is 0 Å². The lowest BCUT2D eigenvalue weighted by molar-refractivity contribution is 0.290. The molecule has 0 amide bonds. The van der Waals surface area contributed by atoms with Crippen LogP contribution < -0.4 is 0 Å². The third-order valence-electron chi connectivity index (χ3n) is 4.72. The fraction of sp³-hybridized carbons (Fsp3) is 0.667. The van der Waals surface area contributed by atoms with E-state index in [4.69, 9.17) is 0 Å². The normalized spacial score (nSPS) is 63.3. The molecule has 4 aliphatic carbocycles. The molecule has 0 heteroatoms. The van der Waals surface area contributed by atoms with E-state index in [1.165, 1.54) is 12.8 Å². The monoisotopic (exact) mass is 158 g/mol. The molecule has 0 aromatic carbocycles. The van der Waals surface area contributed by atoms with Gasteiger partial charge in [0.05, 0.1) is 0 Å². The van der Waals surface area contributed by atoms with Crippen molar-refractivity contribution in [3.8, 4) is 0 Å². The first-order valence-electron chi connectivity index (χ1n) is 5.30. The van der Waals surface area contributed by atoms with E-state index in [0.717, 1.165) is 35.5 Å². The van der Waals surface area contributed by atoms with Crippen LogP contribution in [0.4, 0.5) is 0 Å². The minimum atomic E-state index is 0.972. The van der Waals surface area contributed by atoms with Gasteiger partial charge >= 0.3 is 0 Å². The van der Waals surface area contributed by atoms with Crippen molar-refractivity contribution in [1.82, 2.24) is 0 Å². The summed E-state index contributed by atoms with van der Waals surface area (Å²) in [6.45, 7) is 0. The average molecular weight is 158 g/mol. The van der Waals surface area contributed by atoms with E-state index >= 15 is 0 Å². The van der Waals surface area contributed by atoms with Gasteiger partial charge in [0, 0.05) is 0 Å².